The minimum absolute atomic E-state index is 0.0816. The van der Waals surface area contributed by atoms with Crippen LogP contribution < -0.4 is 20.7 Å². The zero-order valence-corrected chi connectivity index (χ0v) is 21.1. The predicted octanol–water partition coefficient (Wildman–Crippen LogP) is 6.04. The van der Waals surface area contributed by atoms with Crippen molar-refractivity contribution in [3.05, 3.63) is 114 Å². The van der Waals surface area contributed by atoms with Gasteiger partial charge in [0.05, 0.1) is 5.56 Å². The Hall–Kier alpha value is -3.22. The summed E-state index contributed by atoms with van der Waals surface area (Å²) in [6, 6.07) is 35.5. The fourth-order valence-corrected chi connectivity index (χ4v) is 10.0. The molecule has 168 valence electrons. The van der Waals surface area contributed by atoms with Gasteiger partial charge in [0.2, 0.25) is 7.26 Å². The zero-order valence-electron chi connectivity index (χ0n) is 20.2. The lowest BCUT2D eigenvalue weighted by atomic mass is 9.85. The third kappa shape index (κ3) is 3.02. The van der Waals surface area contributed by atoms with E-state index in [2.05, 4.69) is 136 Å². The second-order valence-electron chi connectivity index (χ2n) is 10.3. The van der Waals surface area contributed by atoms with Crippen molar-refractivity contribution in [3.8, 4) is 5.75 Å². The van der Waals surface area contributed by atoms with Crippen LogP contribution in [0.3, 0.4) is 0 Å². The van der Waals surface area contributed by atoms with Crippen LogP contribution in [0.5, 0.6) is 5.75 Å². The SMILES string of the molecule is Cc1cc(C(C)(C)C)cc2c1OC1[N+](=C2)c2ccccc2[P+]1(c1ccccc1)c1ccccc1. The van der Waals surface area contributed by atoms with Crippen molar-refractivity contribution in [1.29, 1.82) is 0 Å². The van der Waals surface area contributed by atoms with Gasteiger partial charge in [0, 0.05) is 6.07 Å². The molecule has 0 N–H and O–H groups in total. The fourth-order valence-electron chi connectivity index (χ4n) is 5.43. The Morgan fingerprint density at radius 3 is 1.97 bits per heavy atom. The Morgan fingerprint density at radius 1 is 0.765 bits per heavy atom. The highest BCUT2D eigenvalue weighted by Crippen LogP contribution is 2.66. The summed E-state index contributed by atoms with van der Waals surface area (Å²) >= 11 is 0. The van der Waals surface area contributed by atoms with Crippen LogP contribution in [0.4, 0.5) is 5.69 Å². The number of hydrogen-bond donors (Lipinski definition) is 0. The van der Waals surface area contributed by atoms with E-state index < -0.39 is 7.26 Å². The van der Waals surface area contributed by atoms with E-state index in [4.69, 9.17) is 4.74 Å². The van der Waals surface area contributed by atoms with Gasteiger partial charge < -0.3 is 4.74 Å². The molecule has 0 saturated carbocycles. The molecule has 0 amide bonds. The predicted molar refractivity (Wildman–Crippen MR) is 145 cm³/mol. The van der Waals surface area contributed by atoms with Crippen molar-refractivity contribution in [2.75, 3.05) is 0 Å². The summed E-state index contributed by atoms with van der Waals surface area (Å²) in [7, 11) is -2.12. The topological polar surface area (TPSA) is 12.2 Å². The highest BCUT2D eigenvalue weighted by atomic mass is 31.2. The van der Waals surface area contributed by atoms with E-state index >= 15 is 0 Å². The molecule has 2 heterocycles. The summed E-state index contributed by atoms with van der Waals surface area (Å²) in [5.41, 5.74) is 5.03. The molecule has 0 aliphatic carbocycles. The van der Waals surface area contributed by atoms with Crippen LogP contribution >= 0.6 is 7.26 Å². The summed E-state index contributed by atoms with van der Waals surface area (Å²) in [5.74, 6) is 0.902. The van der Waals surface area contributed by atoms with Gasteiger partial charge in [-0.2, -0.15) is 0 Å². The van der Waals surface area contributed by atoms with E-state index in [1.54, 1.807) is 0 Å². The van der Waals surface area contributed by atoms with Crippen molar-refractivity contribution in [2.24, 2.45) is 0 Å². The molecule has 3 heteroatoms. The summed E-state index contributed by atoms with van der Waals surface area (Å²) in [6.07, 6.45) is 2.33. The van der Waals surface area contributed by atoms with E-state index in [1.807, 2.05) is 0 Å². The molecule has 0 bridgehead atoms. The van der Waals surface area contributed by atoms with Crippen LogP contribution in [0.1, 0.15) is 37.5 Å². The number of rotatable bonds is 2. The number of benzene rings is 4. The number of hydrogen-bond acceptors (Lipinski definition) is 1. The molecule has 6 rings (SSSR count). The maximum Gasteiger partial charge on any atom is 0.419 e. The molecule has 2 aliphatic heterocycles. The minimum atomic E-state index is -2.12. The highest BCUT2D eigenvalue weighted by Gasteiger charge is 2.69. The van der Waals surface area contributed by atoms with Crippen molar-refractivity contribution in [1.82, 2.24) is 0 Å². The van der Waals surface area contributed by atoms with Gasteiger partial charge in [-0.3, -0.25) is 0 Å². The first-order valence-corrected chi connectivity index (χ1v) is 13.8. The van der Waals surface area contributed by atoms with Crippen LogP contribution in [0.25, 0.3) is 0 Å². The van der Waals surface area contributed by atoms with Crippen molar-refractivity contribution in [2.45, 2.75) is 39.1 Å². The van der Waals surface area contributed by atoms with Crippen LogP contribution in [0, 0.1) is 6.92 Å². The van der Waals surface area contributed by atoms with Gasteiger partial charge in [0.15, 0.2) is 11.5 Å². The van der Waals surface area contributed by atoms with Crippen LogP contribution in [0.15, 0.2) is 97.1 Å². The zero-order chi connectivity index (χ0) is 23.5. The molecule has 0 saturated heterocycles. The van der Waals surface area contributed by atoms with E-state index in [0.29, 0.717) is 0 Å². The van der Waals surface area contributed by atoms with Gasteiger partial charge >= 0.3 is 5.97 Å². The van der Waals surface area contributed by atoms with E-state index in [1.165, 1.54) is 32.7 Å². The molecule has 2 nitrogen and oxygen atoms in total. The Labute approximate surface area is 202 Å². The maximum atomic E-state index is 7.11. The van der Waals surface area contributed by atoms with Gasteiger partial charge in [0.1, 0.15) is 16.4 Å². The molecular weight excluding hydrogens is 433 g/mol. The first kappa shape index (κ1) is 21.3. The van der Waals surface area contributed by atoms with E-state index in [-0.39, 0.29) is 11.4 Å². The third-order valence-electron chi connectivity index (χ3n) is 7.11. The minimum Gasteiger partial charge on any atom is -0.403 e. The average Bonchev–Trinajstić information content (AvgIpc) is 3.14. The Kier molecular flexibility index (Phi) is 4.80. The summed E-state index contributed by atoms with van der Waals surface area (Å²) in [5, 5.41) is 4.08. The van der Waals surface area contributed by atoms with Crippen LogP contribution in [0.2, 0.25) is 0 Å². The lowest BCUT2D eigenvalue weighted by Gasteiger charge is -2.28. The van der Waals surface area contributed by atoms with Gasteiger partial charge in [-0.15, -0.1) is 4.58 Å². The highest BCUT2D eigenvalue weighted by molar-refractivity contribution is 7.96. The smallest absolute Gasteiger partial charge is 0.403 e. The standard InChI is InChI=1S/C31H30NOP/c1-22-19-24(31(2,3)4)20-23-21-32-27-17-11-12-18-28(27)34(30(32)33-29(22)23,25-13-7-5-8-14-25)26-15-9-6-10-16-26/h5-21,30H,1-4H3/q+2. The quantitative estimate of drug-likeness (QED) is 0.261. The molecule has 2 aliphatic rings. The maximum absolute atomic E-state index is 7.11. The van der Waals surface area contributed by atoms with Crippen molar-refractivity contribution in [3.63, 3.8) is 0 Å². The molecule has 34 heavy (non-hydrogen) atoms. The summed E-state index contributed by atoms with van der Waals surface area (Å²) in [6.45, 7) is 9.00. The fraction of sp³-hybridized carbons (Fsp3) is 0.194. The number of para-hydroxylation sites is 1. The van der Waals surface area contributed by atoms with Crippen LogP contribution in [-0.2, 0) is 5.41 Å². The monoisotopic (exact) mass is 463 g/mol. The van der Waals surface area contributed by atoms with Crippen molar-refractivity contribution < 1.29 is 9.31 Å². The molecule has 1 unspecified atom stereocenters. The molecule has 0 radical (unpaired) electrons. The Bertz CT molecular complexity index is 1380. The molecule has 0 spiro atoms. The van der Waals surface area contributed by atoms with Crippen LogP contribution in [-0.4, -0.2) is 16.8 Å². The summed E-state index contributed by atoms with van der Waals surface area (Å²) < 4.78 is 9.51. The lowest BCUT2D eigenvalue weighted by Crippen LogP contribution is -2.41. The summed E-state index contributed by atoms with van der Waals surface area (Å²) in [4.78, 5) is 0. The third-order valence-corrected chi connectivity index (χ3v) is 11.5. The number of ether oxygens (including phenoxy) is 1. The number of fused-ring (bicyclic) bond motifs is 4. The number of aryl methyl sites for hydroxylation is 1. The Balaban J connectivity index is 1.67. The molecule has 0 aromatic heterocycles. The number of nitrogens with zero attached hydrogens (tertiary/aromatic N) is 1. The average molecular weight is 464 g/mol. The van der Waals surface area contributed by atoms with E-state index in [9.17, 15) is 0 Å². The Morgan fingerprint density at radius 2 is 1.35 bits per heavy atom. The largest absolute Gasteiger partial charge is 0.419 e. The van der Waals surface area contributed by atoms with Gasteiger partial charge in [-0.1, -0.05) is 75.4 Å². The first-order chi connectivity index (χ1) is 16.4. The van der Waals surface area contributed by atoms with Gasteiger partial charge in [0.25, 0.3) is 5.69 Å². The second kappa shape index (κ2) is 7.65. The molecule has 1 atom stereocenters. The first-order valence-electron chi connectivity index (χ1n) is 12.0. The second-order valence-corrected chi connectivity index (χ2v) is 13.7. The van der Waals surface area contributed by atoms with Gasteiger partial charge in [-0.05, 0) is 59.9 Å². The molecule has 4 aromatic carbocycles. The van der Waals surface area contributed by atoms with Gasteiger partial charge in [-0.25, -0.2) is 0 Å². The molecular formula is C31H30NOP+2. The molecule has 0 fully saturated rings. The normalized spacial score (nSPS) is 17.8. The van der Waals surface area contributed by atoms with E-state index in [0.717, 1.165) is 11.3 Å². The molecule has 4 aromatic rings. The van der Waals surface area contributed by atoms with Crippen molar-refractivity contribution >= 4 is 35.1 Å². The lowest BCUT2D eigenvalue weighted by molar-refractivity contribution is -0.492.